The summed E-state index contributed by atoms with van der Waals surface area (Å²) in [5.41, 5.74) is -1.07. The van der Waals surface area contributed by atoms with Crippen molar-refractivity contribution < 1.29 is 14.3 Å². The molecule has 1 amide bonds. The Bertz CT molecular complexity index is 231. The molecule has 74 valence electrons. The minimum atomic E-state index is -1.07. The third-order valence-corrected chi connectivity index (χ3v) is 2.18. The van der Waals surface area contributed by atoms with Crippen LogP contribution in [0.2, 0.25) is 0 Å². The zero-order valence-corrected chi connectivity index (χ0v) is 8.22. The van der Waals surface area contributed by atoms with Crippen molar-refractivity contribution in [3.8, 4) is 0 Å². The first-order valence-electron chi connectivity index (χ1n) is 4.38. The Kier molecular flexibility index (Phi) is 2.59. The summed E-state index contributed by atoms with van der Waals surface area (Å²) in [5.74, 6) is -0.743. The third kappa shape index (κ3) is 2.20. The Morgan fingerprint density at radius 1 is 1.38 bits per heavy atom. The normalized spacial score (nSPS) is 16.5. The predicted octanol–water partition coefficient (Wildman–Crippen LogP) is 0.464. The van der Waals surface area contributed by atoms with Gasteiger partial charge in [-0.15, -0.1) is 0 Å². The Hall–Kier alpha value is -1.06. The SMILES string of the molecule is COC(=O)C(C)(C)C(=O)NC1CC1. The Labute approximate surface area is 77.6 Å². The second-order valence-corrected chi connectivity index (χ2v) is 3.86. The van der Waals surface area contributed by atoms with Crippen LogP contribution in [0.4, 0.5) is 0 Å². The molecule has 1 saturated carbocycles. The fraction of sp³-hybridized carbons (Fsp3) is 0.778. The molecule has 0 radical (unpaired) electrons. The van der Waals surface area contributed by atoms with Crippen LogP contribution in [-0.4, -0.2) is 25.0 Å². The van der Waals surface area contributed by atoms with Crippen LogP contribution in [0, 0.1) is 5.41 Å². The van der Waals surface area contributed by atoms with Gasteiger partial charge in [0.2, 0.25) is 5.91 Å². The average molecular weight is 185 g/mol. The summed E-state index contributed by atoms with van der Waals surface area (Å²) in [4.78, 5) is 22.7. The Balaban J connectivity index is 2.55. The monoisotopic (exact) mass is 185 g/mol. The number of ether oxygens (including phenoxy) is 1. The van der Waals surface area contributed by atoms with Gasteiger partial charge in [-0.05, 0) is 26.7 Å². The summed E-state index contributed by atoms with van der Waals surface area (Å²) in [6.07, 6.45) is 2.03. The van der Waals surface area contributed by atoms with E-state index in [1.807, 2.05) is 0 Å². The Morgan fingerprint density at radius 2 is 1.92 bits per heavy atom. The smallest absolute Gasteiger partial charge is 0.320 e. The second kappa shape index (κ2) is 3.36. The van der Waals surface area contributed by atoms with Gasteiger partial charge in [-0.25, -0.2) is 0 Å². The molecular weight excluding hydrogens is 170 g/mol. The van der Waals surface area contributed by atoms with Crippen LogP contribution in [0.1, 0.15) is 26.7 Å². The lowest BCUT2D eigenvalue weighted by Gasteiger charge is -2.20. The van der Waals surface area contributed by atoms with Gasteiger partial charge < -0.3 is 10.1 Å². The molecule has 0 aromatic heterocycles. The van der Waals surface area contributed by atoms with Crippen LogP contribution in [0.15, 0.2) is 0 Å². The highest BCUT2D eigenvalue weighted by Gasteiger charge is 2.39. The summed E-state index contributed by atoms with van der Waals surface area (Å²) in [6, 6.07) is 0.274. The average Bonchev–Trinajstić information content (AvgIpc) is 2.86. The molecule has 0 heterocycles. The first-order valence-corrected chi connectivity index (χ1v) is 4.38. The van der Waals surface area contributed by atoms with Crippen molar-refractivity contribution in [2.45, 2.75) is 32.7 Å². The maximum atomic E-state index is 11.5. The molecule has 0 atom stereocenters. The van der Waals surface area contributed by atoms with Gasteiger partial charge in [0.15, 0.2) is 0 Å². The van der Waals surface area contributed by atoms with E-state index in [9.17, 15) is 9.59 Å². The summed E-state index contributed by atoms with van der Waals surface area (Å²) < 4.78 is 4.54. The first-order chi connectivity index (χ1) is 5.98. The summed E-state index contributed by atoms with van der Waals surface area (Å²) in [6.45, 7) is 3.13. The molecule has 1 fully saturated rings. The van der Waals surface area contributed by atoms with Crippen molar-refractivity contribution in [1.29, 1.82) is 0 Å². The minimum absolute atomic E-state index is 0.248. The number of amides is 1. The molecule has 1 N–H and O–H groups in total. The van der Waals surface area contributed by atoms with Crippen molar-refractivity contribution in [1.82, 2.24) is 5.32 Å². The van der Waals surface area contributed by atoms with Gasteiger partial charge in [0.25, 0.3) is 0 Å². The minimum Gasteiger partial charge on any atom is -0.468 e. The van der Waals surface area contributed by atoms with Crippen molar-refractivity contribution in [2.75, 3.05) is 7.11 Å². The molecule has 13 heavy (non-hydrogen) atoms. The van der Waals surface area contributed by atoms with Gasteiger partial charge in [0.1, 0.15) is 5.41 Å². The summed E-state index contributed by atoms with van der Waals surface area (Å²) in [5, 5.41) is 2.77. The lowest BCUT2D eigenvalue weighted by atomic mass is 9.92. The van der Waals surface area contributed by atoms with Gasteiger partial charge in [-0.1, -0.05) is 0 Å². The van der Waals surface area contributed by atoms with Crippen LogP contribution in [0.25, 0.3) is 0 Å². The molecule has 0 aromatic rings. The fourth-order valence-electron chi connectivity index (χ4n) is 0.941. The van der Waals surface area contributed by atoms with E-state index < -0.39 is 11.4 Å². The quantitative estimate of drug-likeness (QED) is 0.513. The van der Waals surface area contributed by atoms with Gasteiger partial charge in [-0.2, -0.15) is 0 Å². The van der Waals surface area contributed by atoms with E-state index in [1.165, 1.54) is 7.11 Å². The molecule has 0 bridgehead atoms. The zero-order chi connectivity index (χ0) is 10.1. The highest BCUT2D eigenvalue weighted by atomic mass is 16.5. The fourth-order valence-corrected chi connectivity index (χ4v) is 0.941. The zero-order valence-electron chi connectivity index (χ0n) is 8.22. The number of carbonyl (C=O) groups is 2. The van der Waals surface area contributed by atoms with Crippen LogP contribution in [0.3, 0.4) is 0 Å². The number of carbonyl (C=O) groups excluding carboxylic acids is 2. The number of hydrogen-bond donors (Lipinski definition) is 1. The van der Waals surface area contributed by atoms with Crippen molar-refractivity contribution in [2.24, 2.45) is 5.41 Å². The number of hydrogen-bond acceptors (Lipinski definition) is 3. The lowest BCUT2D eigenvalue weighted by molar-refractivity contribution is -0.156. The van der Waals surface area contributed by atoms with Crippen LogP contribution < -0.4 is 5.32 Å². The third-order valence-electron chi connectivity index (χ3n) is 2.18. The predicted molar refractivity (Wildman–Crippen MR) is 47.0 cm³/mol. The Morgan fingerprint density at radius 3 is 2.31 bits per heavy atom. The molecule has 0 saturated heterocycles. The highest BCUT2D eigenvalue weighted by molar-refractivity contribution is 6.01. The van der Waals surface area contributed by atoms with E-state index in [1.54, 1.807) is 13.8 Å². The number of nitrogens with one attached hydrogen (secondary N) is 1. The van der Waals surface area contributed by atoms with E-state index in [0.717, 1.165) is 12.8 Å². The van der Waals surface area contributed by atoms with Gasteiger partial charge in [0.05, 0.1) is 7.11 Å². The van der Waals surface area contributed by atoms with Gasteiger partial charge in [0, 0.05) is 6.04 Å². The molecule has 4 nitrogen and oxygen atoms in total. The van der Waals surface area contributed by atoms with Gasteiger partial charge in [-0.3, -0.25) is 9.59 Å². The van der Waals surface area contributed by atoms with E-state index in [-0.39, 0.29) is 11.9 Å². The van der Waals surface area contributed by atoms with Gasteiger partial charge >= 0.3 is 5.97 Å². The van der Waals surface area contributed by atoms with Crippen LogP contribution in [-0.2, 0) is 14.3 Å². The maximum Gasteiger partial charge on any atom is 0.320 e. The number of esters is 1. The largest absolute Gasteiger partial charge is 0.468 e. The van der Waals surface area contributed by atoms with Crippen LogP contribution in [0.5, 0.6) is 0 Å². The second-order valence-electron chi connectivity index (χ2n) is 3.86. The number of methoxy groups -OCH3 is 1. The maximum absolute atomic E-state index is 11.5. The van der Waals surface area contributed by atoms with Crippen molar-refractivity contribution in [3.63, 3.8) is 0 Å². The van der Waals surface area contributed by atoms with Crippen LogP contribution >= 0.6 is 0 Å². The molecule has 4 heteroatoms. The van der Waals surface area contributed by atoms with Crippen molar-refractivity contribution >= 4 is 11.9 Å². The molecule has 0 unspecified atom stereocenters. The number of rotatable bonds is 3. The first kappa shape index (κ1) is 10.0. The highest BCUT2D eigenvalue weighted by Crippen LogP contribution is 2.23. The summed E-state index contributed by atoms with van der Waals surface area (Å²) >= 11 is 0. The summed E-state index contributed by atoms with van der Waals surface area (Å²) in [7, 11) is 1.29. The van der Waals surface area contributed by atoms with E-state index in [0.29, 0.717) is 0 Å². The van der Waals surface area contributed by atoms with E-state index in [4.69, 9.17) is 0 Å². The molecule has 0 spiro atoms. The topological polar surface area (TPSA) is 55.4 Å². The lowest BCUT2D eigenvalue weighted by Crippen LogP contribution is -2.43. The van der Waals surface area contributed by atoms with E-state index in [2.05, 4.69) is 10.1 Å². The standard InChI is InChI=1S/C9H15NO3/c1-9(2,8(12)13-3)7(11)10-6-4-5-6/h6H,4-5H2,1-3H3,(H,10,11). The molecule has 1 aliphatic rings. The molecule has 0 aromatic carbocycles. The molecular formula is C9H15NO3. The molecule has 1 aliphatic carbocycles. The van der Waals surface area contributed by atoms with E-state index >= 15 is 0 Å². The molecule has 1 rings (SSSR count). The molecule has 0 aliphatic heterocycles. The van der Waals surface area contributed by atoms with Crippen molar-refractivity contribution in [3.05, 3.63) is 0 Å².